The van der Waals surface area contributed by atoms with E-state index in [0.717, 1.165) is 16.5 Å². The first kappa shape index (κ1) is 30.7. The van der Waals surface area contributed by atoms with Crippen molar-refractivity contribution in [3.63, 3.8) is 0 Å². The van der Waals surface area contributed by atoms with E-state index in [4.69, 9.17) is 4.74 Å². The summed E-state index contributed by atoms with van der Waals surface area (Å²) in [4.78, 5) is 54.2. The van der Waals surface area contributed by atoms with Crippen LogP contribution in [0.2, 0.25) is 0 Å². The summed E-state index contributed by atoms with van der Waals surface area (Å²) in [6.07, 6.45) is 1.71. The van der Waals surface area contributed by atoms with Crippen LogP contribution in [0, 0.1) is 11.8 Å². The highest BCUT2D eigenvalue weighted by molar-refractivity contribution is 5.93. The molecule has 0 bridgehead atoms. The first-order valence-corrected chi connectivity index (χ1v) is 13.0. The number of fused-ring (bicyclic) bond motifs is 1. The van der Waals surface area contributed by atoms with Gasteiger partial charge in [0.15, 0.2) is 0 Å². The molecule has 38 heavy (non-hydrogen) atoms. The molecule has 10 nitrogen and oxygen atoms in total. The summed E-state index contributed by atoms with van der Waals surface area (Å²) in [6, 6.07) is 4.44. The molecular formula is C28H42N4O6. The molecule has 1 aromatic heterocycles. The second-order valence-corrected chi connectivity index (χ2v) is 11.5. The van der Waals surface area contributed by atoms with Gasteiger partial charge in [-0.25, -0.2) is 9.59 Å². The molecule has 0 aliphatic rings. The molecule has 2 rings (SSSR count). The van der Waals surface area contributed by atoms with Gasteiger partial charge in [-0.15, -0.1) is 0 Å². The Balaban J connectivity index is 2.32. The topological polar surface area (TPSA) is 150 Å². The van der Waals surface area contributed by atoms with Gasteiger partial charge in [0.25, 0.3) is 0 Å². The van der Waals surface area contributed by atoms with Gasteiger partial charge < -0.3 is 30.8 Å². The van der Waals surface area contributed by atoms with Crippen molar-refractivity contribution in [2.75, 3.05) is 0 Å². The van der Waals surface area contributed by atoms with Crippen molar-refractivity contribution in [1.29, 1.82) is 0 Å². The van der Waals surface area contributed by atoms with Gasteiger partial charge in [0.2, 0.25) is 11.8 Å². The Kier molecular flexibility index (Phi) is 10.7. The highest BCUT2D eigenvalue weighted by Gasteiger charge is 2.31. The highest BCUT2D eigenvalue weighted by atomic mass is 16.6. The summed E-state index contributed by atoms with van der Waals surface area (Å²) in [5, 5.41) is 18.5. The number of aliphatic carboxylic acids is 1. The van der Waals surface area contributed by atoms with Crippen LogP contribution in [0.15, 0.2) is 30.5 Å². The Bertz CT molecular complexity index is 1120. The Hall–Kier alpha value is -3.56. The van der Waals surface area contributed by atoms with Gasteiger partial charge >= 0.3 is 12.1 Å². The van der Waals surface area contributed by atoms with Gasteiger partial charge in [-0.05, 0) is 57.1 Å². The van der Waals surface area contributed by atoms with Crippen LogP contribution in [-0.4, -0.2) is 57.7 Å². The Morgan fingerprint density at radius 1 is 0.868 bits per heavy atom. The average molecular weight is 531 g/mol. The second kappa shape index (κ2) is 13.3. The van der Waals surface area contributed by atoms with Gasteiger partial charge in [-0.2, -0.15) is 0 Å². The molecule has 3 amide bonds. The normalized spacial score (nSPS) is 14.1. The molecule has 3 unspecified atom stereocenters. The van der Waals surface area contributed by atoms with E-state index in [-0.39, 0.29) is 24.7 Å². The van der Waals surface area contributed by atoms with Crippen molar-refractivity contribution in [1.82, 2.24) is 20.9 Å². The Morgan fingerprint density at radius 3 is 2.00 bits per heavy atom. The lowest BCUT2D eigenvalue weighted by atomic mass is 10.00. The maximum Gasteiger partial charge on any atom is 0.408 e. The molecule has 0 spiro atoms. The van der Waals surface area contributed by atoms with Gasteiger partial charge in [-0.1, -0.05) is 45.9 Å². The number of rotatable bonds is 12. The lowest BCUT2D eigenvalue weighted by molar-refractivity contribution is -0.142. The number of hydrogen-bond donors (Lipinski definition) is 5. The predicted molar refractivity (Wildman–Crippen MR) is 146 cm³/mol. The molecule has 10 heteroatoms. The molecule has 5 N–H and O–H groups in total. The Morgan fingerprint density at radius 2 is 1.42 bits per heavy atom. The standard InChI is InChI=1S/C28H42N4O6/c1-16(2)12-21(32-27(37)38-28(5,6)7)24(33)30-22(25(34)31-23(26(35)36)13-17(3)4)14-18-15-29-20-11-9-8-10-19(18)20/h8-11,15-17,21-23,29H,12-14H2,1-7H3,(H,30,33)(H,31,34)(H,32,37)(H,35,36). The largest absolute Gasteiger partial charge is 0.480 e. The van der Waals surface area contributed by atoms with Crippen molar-refractivity contribution < 1.29 is 29.0 Å². The second-order valence-electron chi connectivity index (χ2n) is 11.5. The summed E-state index contributed by atoms with van der Waals surface area (Å²) >= 11 is 0. The number of aromatic amines is 1. The van der Waals surface area contributed by atoms with Gasteiger partial charge in [0.1, 0.15) is 23.7 Å². The smallest absolute Gasteiger partial charge is 0.408 e. The molecule has 210 valence electrons. The molecule has 0 radical (unpaired) electrons. The minimum absolute atomic E-state index is 0.0338. The highest BCUT2D eigenvalue weighted by Crippen LogP contribution is 2.20. The maximum atomic E-state index is 13.4. The number of carboxylic acid groups (broad SMARTS) is 1. The fourth-order valence-corrected chi connectivity index (χ4v) is 4.12. The number of H-pyrrole nitrogens is 1. The quantitative estimate of drug-likeness (QED) is 0.282. The SMILES string of the molecule is CC(C)CC(NC(=O)C(Cc1c[nH]c2ccccc12)NC(=O)C(CC(C)C)NC(=O)OC(C)(C)C)C(=O)O. The third-order valence-corrected chi connectivity index (χ3v) is 5.77. The first-order chi connectivity index (χ1) is 17.7. The van der Waals surface area contributed by atoms with Gasteiger partial charge in [-0.3, -0.25) is 9.59 Å². The summed E-state index contributed by atoms with van der Waals surface area (Å²) < 4.78 is 5.32. The molecule has 2 aromatic rings. The van der Waals surface area contributed by atoms with Crippen molar-refractivity contribution in [3.8, 4) is 0 Å². The van der Waals surface area contributed by atoms with Crippen molar-refractivity contribution in [2.24, 2.45) is 11.8 Å². The number of nitrogens with one attached hydrogen (secondary N) is 4. The number of ether oxygens (including phenoxy) is 1. The fraction of sp³-hybridized carbons (Fsp3) is 0.571. The zero-order valence-corrected chi connectivity index (χ0v) is 23.4. The van der Waals surface area contributed by atoms with Crippen LogP contribution in [0.4, 0.5) is 4.79 Å². The third kappa shape index (κ3) is 9.72. The number of benzene rings is 1. The number of amides is 3. The maximum absolute atomic E-state index is 13.4. The summed E-state index contributed by atoms with van der Waals surface area (Å²) in [5.74, 6) is -2.22. The van der Waals surface area contributed by atoms with E-state index in [2.05, 4.69) is 20.9 Å². The number of hydrogen-bond acceptors (Lipinski definition) is 5. The molecule has 3 atom stereocenters. The van der Waals surface area contributed by atoms with Crippen LogP contribution in [0.25, 0.3) is 10.9 Å². The first-order valence-electron chi connectivity index (χ1n) is 13.0. The van der Waals surface area contributed by atoms with Crippen LogP contribution in [-0.2, 0) is 25.5 Å². The number of alkyl carbamates (subject to hydrolysis) is 1. The van der Waals surface area contributed by atoms with Crippen LogP contribution >= 0.6 is 0 Å². The Labute approximate surface area is 224 Å². The number of carbonyl (C=O) groups excluding carboxylic acids is 3. The van der Waals surface area contributed by atoms with E-state index >= 15 is 0 Å². The lowest BCUT2D eigenvalue weighted by Crippen LogP contribution is -2.57. The van der Waals surface area contributed by atoms with E-state index in [0.29, 0.717) is 6.42 Å². The number of aromatic nitrogens is 1. The van der Waals surface area contributed by atoms with Crippen LogP contribution in [0.1, 0.15) is 66.9 Å². The minimum atomic E-state index is -1.14. The number of carbonyl (C=O) groups is 4. The summed E-state index contributed by atoms with van der Waals surface area (Å²) in [6.45, 7) is 12.7. The van der Waals surface area contributed by atoms with E-state index in [1.807, 2.05) is 52.0 Å². The molecule has 0 aliphatic carbocycles. The van der Waals surface area contributed by atoms with Crippen molar-refractivity contribution >= 4 is 34.8 Å². The van der Waals surface area contributed by atoms with Gasteiger partial charge in [0.05, 0.1) is 0 Å². The molecule has 0 fully saturated rings. The molecule has 1 aromatic carbocycles. The molecule has 0 saturated heterocycles. The summed E-state index contributed by atoms with van der Waals surface area (Å²) in [7, 11) is 0. The third-order valence-electron chi connectivity index (χ3n) is 5.77. The molecule has 1 heterocycles. The van der Waals surface area contributed by atoms with E-state index in [1.165, 1.54) is 0 Å². The van der Waals surface area contributed by atoms with E-state index < -0.39 is 47.6 Å². The zero-order valence-electron chi connectivity index (χ0n) is 23.4. The zero-order chi connectivity index (χ0) is 28.6. The van der Waals surface area contributed by atoms with Crippen molar-refractivity contribution in [2.45, 2.75) is 91.5 Å². The van der Waals surface area contributed by atoms with Gasteiger partial charge in [0, 0.05) is 23.5 Å². The minimum Gasteiger partial charge on any atom is -0.480 e. The van der Waals surface area contributed by atoms with E-state index in [9.17, 15) is 24.3 Å². The number of carboxylic acids is 1. The van der Waals surface area contributed by atoms with Crippen LogP contribution in [0.5, 0.6) is 0 Å². The number of para-hydroxylation sites is 1. The predicted octanol–water partition coefficient (Wildman–Crippen LogP) is 3.75. The molecular weight excluding hydrogens is 488 g/mol. The van der Waals surface area contributed by atoms with Crippen molar-refractivity contribution in [3.05, 3.63) is 36.0 Å². The summed E-state index contributed by atoms with van der Waals surface area (Å²) in [5.41, 5.74) is 0.918. The van der Waals surface area contributed by atoms with Crippen LogP contribution < -0.4 is 16.0 Å². The monoisotopic (exact) mass is 530 g/mol. The van der Waals surface area contributed by atoms with E-state index in [1.54, 1.807) is 27.0 Å². The fourth-order valence-electron chi connectivity index (χ4n) is 4.12. The molecule has 0 aliphatic heterocycles. The molecule has 0 saturated carbocycles. The average Bonchev–Trinajstić information content (AvgIpc) is 3.18. The lowest BCUT2D eigenvalue weighted by Gasteiger charge is -2.27. The van der Waals surface area contributed by atoms with Crippen LogP contribution in [0.3, 0.4) is 0 Å².